The van der Waals surface area contributed by atoms with Crippen molar-refractivity contribution in [2.24, 2.45) is 0 Å². The van der Waals surface area contributed by atoms with Crippen LogP contribution in [0.25, 0.3) is 0 Å². The predicted molar refractivity (Wildman–Crippen MR) is 55.8 cm³/mol. The highest BCUT2D eigenvalue weighted by Gasteiger charge is 2.14. The summed E-state index contributed by atoms with van der Waals surface area (Å²) in [5.74, 6) is -1.64. The van der Waals surface area contributed by atoms with Crippen LogP contribution in [-0.2, 0) is 4.79 Å². The van der Waals surface area contributed by atoms with Gasteiger partial charge in [-0.1, -0.05) is 6.07 Å². The molecule has 0 amide bonds. The smallest absolute Gasteiger partial charge is 0.310 e. The number of phenols is 1. The number of halogens is 1. The summed E-state index contributed by atoms with van der Waals surface area (Å²) >= 11 is 0. The number of carbonyl (C=O) groups is 1. The van der Waals surface area contributed by atoms with E-state index in [0.29, 0.717) is 5.56 Å². The Morgan fingerprint density at radius 2 is 2.07 bits per heavy atom. The molecular formula is C9H12ClNO3. The fourth-order valence-electron chi connectivity index (χ4n) is 0.973. The van der Waals surface area contributed by atoms with Crippen LogP contribution in [0, 0.1) is 0 Å². The molecule has 1 aromatic carbocycles. The average Bonchev–Trinajstić information content (AvgIpc) is 2.08. The highest BCUT2D eigenvalue weighted by atomic mass is 35.5. The summed E-state index contributed by atoms with van der Waals surface area (Å²) in [7, 11) is 0. The zero-order valence-electron chi connectivity index (χ0n) is 7.60. The minimum Gasteiger partial charge on any atom is -0.506 e. The summed E-state index contributed by atoms with van der Waals surface area (Å²) in [4.78, 5) is 10.6. The molecule has 4 N–H and O–H groups in total. The third kappa shape index (κ3) is 2.53. The first-order valence-electron chi connectivity index (χ1n) is 3.83. The first kappa shape index (κ1) is 12.6. The number of nitrogen functional groups attached to an aromatic ring is 1. The molecule has 0 aliphatic heterocycles. The van der Waals surface area contributed by atoms with Crippen molar-refractivity contribution < 1.29 is 15.0 Å². The molecule has 0 bridgehead atoms. The van der Waals surface area contributed by atoms with Crippen LogP contribution in [0.3, 0.4) is 0 Å². The lowest BCUT2D eigenvalue weighted by Crippen LogP contribution is -2.07. The zero-order chi connectivity index (χ0) is 10.0. The minimum absolute atomic E-state index is 0. The maximum absolute atomic E-state index is 10.6. The van der Waals surface area contributed by atoms with Gasteiger partial charge >= 0.3 is 5.97 Å². The molecule has 0 aromatic heterocycles. The third-order valence-electron chi connectivity index (χ3n) is 1.92. The molecule has 1 atom stereocenters. The standard InChI is InChI=1S/C9H11NO3.ClH/c1-5(9(12)13)6-2-3-7(10)8(11)4-6;/h2-5,11H,10H2,1H3,(H,12,13);1H. The Balaban J connectivity index is 0.00000169. The molecular weight excluding hydrogens is 206 g/mol. The van der Waals surface area contributed by atoms with Gasteiger partial charge in [0.15, 0.2) is 0 Å². The molecule has 4 nitrogen and oxygen atoms in total. The fraction of sp³-hybridized carbons (Fsp3) is 0.222. The largest absolute Gasteiger partial charge is 0.506 e. The van der Waals surface area contributed by atoms with Crippen LogP contribution in [-0.4, -0.2) is 16.2 Å². The Morgan fingerprint density at radius 3 is 2.50 bits per heavy atom. The summed E-state index contributed by atoms with van der Waals surface area (Å²) in [6.45, 7) is 1.55. The second-order valence-corrected chi connectivity index (χ2v) is 2.88. The van der Waals surface area contributed by atoms with Crippen LogP contribution in [0.1, 0.15) is 18.4 Å². The molecule has 1 aromatic rings. The van der Waals surface area contributed by atoms with Crippen molar-refractivity contribution in [2.45, 2.75) is 12.8 Å². The molecule has 78 valence electrons. The predicted octanol–water partition coefficient (Wildman–Crippen LogP) is 1.58. The van der Waals surface area contributed by atoms with E-state index in [-0.39, 0.29) is 23.8 Å². The number of hydrogen-bond acceptors (Lipinski definition) is 3. The number of hydrogen-bond donors (Lipinski definition) is 3. The van der Waals surface area contributed by atoms with Crippen molar-refractivity contribution in [3.8, 4) is 5.75 Å². The molecule has 14 heavy (non-hydrogen) atoms. The van der Waals surface area contributed by atoms with Gasteiger partial charge in [-0.25, -0.2) is 0 Å². The van der Waals surface area contributed by atoms with E-state index in [2.05, 4.69) is 0 Å². The van der Waals surface area contributed by atoms with Gasteiger partial charge < -0.3 is 15.9 Å². The van der Waals surface area contributed by atoms with Crippen LogP contribution in [0.4, 0.5) is 5.69 Å². The number of aromatic hydroxyl groups is 1. The van der Waals surface area contributed by atoms with Crippen molar-refractivity contribution in [2.75, 3.05) is 5.73 Å². The summed E-state index contributed by atoms with van der Waals surface area (Å²) in [6.07, 6.45) is 0. The molecule has 0 heterocycles. The summed E-state index contributed by atoms with van der Waals surface area (Å²) in [6, 6.07) is 4.45. The van der Waals surface area contributed by atoms with Gasteiger partial charge in [-0.3, -0.25) is 4.79 Å². The molecule has 5 heteroatoms. The van der Waals surface area contributed by atoms with E-state index in [1.54, 1.807) is 13.0 Å². The van der Waals surface area contributed by atoms with Crippen molar-refractivity contribution in [3.05, 3.63) is 23.8 Å². The maximum Gasteiger partial charge on any atom is 0.310 e. The number of phenolic OH excluding ortho intramolecular Hbond substituents is 1. The molecule has 0 aliphatic carbocycles. The second kappa shape index (κ2) is 4.72. The second-order valence-electron chi connectivity index (χ2n) is 2.88. The van der Waals surface area contributed by atoms with Crippen LogP contribution < -0.4 is 5.73 Å². The Labute approximate surface area is 87.8 Å². The van der Waals surface area contributed by atoms with Gasteiger partial charge in [-0.05, 0) is 24.6 Å². The lowest BCUT2D eigenvalue weighted by atomic mass is 10.0. The van der Waals surface area contributed by atoms with Crippen LogP contribution in [0.2, 0.25) is 0 Å². The van der Waals surface area contributed by atoms with Crippen molar-refractivity contribution in [3.63, 3.8) is 0 Å². The average molecular weight is 218 g/mol. The SMILES string of the molecule is CC(C(=O)O)c1ccc(N)c(O)c1.Cl. The van der Waals surface area contributed by atoms with E-state index < -0.39 is 11.9 Å². The lowest BCUT2D eigenvalue weighted by Gasteiger charge is -2.07. The van der Waals surface area contributed by atoms with Gasteiger partial charge in [0.25, 0.3) is 0 Å². The number of benzene rings is 1. The Morgan fingerprint density at radius 1 is 1.50 bits per heavy atom. The van der Waals surface area contributed by atoms with Gasteiger partial charge in [0.05, 0.1) is 11.6 Å². The fourth-order valence-corrected chi connectivity index (χ4v) is 0.973. The van der Waals surface area contributed by atoms with E-state index in [9.17, 15) is 9.90 Å². The molecule has 1 rings (SSSR count). The van der Waals surface area contributed by atoms with Gasteiger partial charge in [-0.2, -0.15) is 0 Å². The Bertz CT molecular complexity index is 341. The van der Waals surface area contributed by atoms with Gasteiger partial charge in [0, 0.05) is 0 Å². The topological polar surface area (TPSA) is 83.5 Å². The Hall–Kier alpha value is -1.42. The van der Waals surface area contributed by atoms with E-state index in [1.807, 2.05) is 0 Å². The number of carboxylic acids is 1. The number of aliphatic carboxylic acids is 1. The summed E-state index contributed by atoms with van der Waals surface area (Å²) in [5, 5.41) is 17.9. The molecule has 0 spiro atoms. The van der Waals surface area contributed by atoms with Crippen LogP contribution in [0.15, 0.2) is 18.2 Å². The van der Waals surface area contributed by atoms with Gasteiger partial charge in [0.1, 0.15) is 5.75 Å². The van der Waals surface area contributed by atoms with Crippen molar-refractivity contribution in [1.82, 2.24) is 0 Å². The highest BCUT2D eigenvalue weighted by Crippen LogP contribution is 2.25. The van der Waals surface area contributed by atoms with E-state index in [4.69, 9.17) is 10.8 Å². The summed E-state index contributed by atoms with van der Waals surface area (Å²) < 4.78 is 0. The summed E-state index contributed by atoms with van der Waals surface area (Å²) in [5.41, 5.74) is 6.16. The molecule has 1 unspecified atom stereocenters. The van der Waals surface area contributed by atoms with E-state index in [0.717, 1.165) is 0 Å². The number of rotatable bonds is 2. The minimum atomic E-state index is -0.927. The van der Waals surface area contributed by atoms with Crippen molar-refractivity contribution >= 4 is 24.1 Å². The van der Waals surface area contributed by atoms with Crippen LogP contribution in [0.5, 0.6) is 5.75 Å². The monoisotopic (exact) mass is 217 g/mol. The first-order valence-corrected chi connectivity index (χ1v) is 3.83. The Kier molecular flexibility index (Phi) is 4.24. The van der Waals surface area contributed by atoms with E-state index >= 15 is 0 Å². The van der Waals surface area contributed by atoms with Crippen LogP contribution >= 0.6 is 12.4 Å². The first-order chi connectivity index (χ1) is 6.02. The molecule has 0 fully saturated rings. The van der Waals surface area contributed by atoms with E-state index in [1.165, 1.54) is 12.1 Å². The zero-order valence-corrected chi connectivity index (χ0v) is 8.41. The normalized spacial score (nSPS) is 11.5. The molecule has 0 radical (unpaired) electrons. The molecule has 0 saturated heterocycles. The third-order valence-corrected chi connectivity index (χ3v) is 1.92. The highest BCUT2D eigenvalue weighted by molar-refractivity contribution is 5.85. The molecule has 0 aliphatic rings. The number of anilines is 1. The van der Waals surface area contributed by atoms with Crippen molar-refractivity contribution in [1.29, 1.82) is 0 Å². The maximum atomic E-state index is 10.6. The lowest BCUT2D eigenvalue weighted by molar-refractivity contribution is -0.138. The quantitative estimate of drug-likeness (QED) is 0.519. The number of carboxylic acid groups (broad SMARTS) is 1. The number of nitrogens with two attached hydrogens (primary N) is 1. The van der Waals surface area contributed by atoms with Gasteiger partial charge in [0.2, 0.25) is 0 Å². The molecule has 0 saturated carbocycles. The van der Waals surface area contributed by atoms with Gasteiger partial charge in [-0.15, -0.1) is 12.4 Å².